The van der Waals surface area contributed by atoms with E-state index in [1.807, 2.05) is 0 Å². The summed E-state index contributed by atoms with van der Waals surface area (Å²) < 4.78 is 44.4. The molecule has 0 aliphatic carbocycles. The maximum Gasteiger partial charge on any atom is 0.264 e. The van der Waals surface area contributed by atoms with Crippen molar-refractivity contribution in [3.63, 3.8) is 0 Å². The summed E-state index contributed by atoms with van der Waals surface area (Å²) in [4.78, 5) is 50.8. The van der Waals surface area contributed by atoms with Gasteiger partial charge in [0, 0.05) is 18.7 Å². The lowest BCUT2D eigenvalue weighted by atomic mass is 10.0. The van der Waals surface area contributed by atoms with Crippen LogP contribution in [0.4, 0.5) is 5.69 Å². The van der Waals surface area contributed by atoms with Crippen molar-refractivity contribution in [2.24, 2.45) is 0 Å². The summed E-state index contributed by atoms with van der Waals surface area (Å²) in [7, 11) is 0. The Labute approximate surface area is 293 Å². The van der Waals surface area contributed by atoms with Gasteiger partial charge in [0.25, 0.3) is 11.8 Å². The molecular formula is C34H52N4O12. The number of amides is 4. The molecule has 2 fully saturated rings. The lowest BCUT2D eigenvalue weighted by Gasteiger charge is -2.27. The summed E-state index contributed by atoms with van der Waals surface area (Å²) in [5.41, 5.74) is 0.921. The highest BCUT2D eigenvalue weighted by Crippen LogP contribution is 2.32. The van der Waals surface area contributed by atoms with Crippen molar-refractivity contribution in [3.05, 3.63) is 29.3 Å². The molecule has 0 aromatic heterocycles. The maximum absolute atomic E-state index is 13.1. The number of piperidine rings is 2. The van der Waals surface area contributed by atoms with Crippen molar-refractivity contribution >= 4 is 29.3 Å². The number of carbonyl (C=O) groups excluding carboxylic acids is 4. The molecule has 4 amide bonds. The molecule has 3 N–H and O–H groups in total. The second kappa shape index (κ2) is 23.4. The van der Waals surface area contributed by atoms with Gasteiger partial charge in [0.05, 0.1) is 116 Å². The molecule has 1 atom stereocenters. The van der Waals surface area contributed by atoms with E-state index in [1.165, 1.54) is 0 Å². The second-order valence-electron chi connectivity index (χ2n) is 11.7. The number of hydrogen-bond acceptors (Lipinski definition) is 14. The molecular weight excluding hydrogens is 656 g/mol. The van der Waals surface area contributed by atoms with Gasteiger partial charge in [0.1, 0.15) is 6.04 Å². The Morgan fingerprint density at radius 1 is 0.640 bits per heavy atom. The fourth-order valence-corrected chi connectivity index (χ4v) is 5.58. The van der Waals surface area contributed by atoms with Crippen LogP contribution in [0.1, 0.15) is 46.4 Å². The van der Waals surface area contributed by atoms with E-state index in [0.29, 0.717) is 117 Å². The number of imide groups is 2. The molecule has 16 heteroatoms. The quantitative estimate of drug-likeness (QED) is 0.0843. The zero-order valence-corrected chi connectivity index (χ0v) is 28.8. The normalized spacial score (nSPS) is 18.2. The lowest BCUT2D eigenvalue weighted by molar-refractivity contribution is -0.136. The van der Waals surface area contributed by atoms with Crippen molar-refractivity contribution in [1.82, 2.24) is 15.5 Å². The Morgan fingerprint density at radius 2 is 1.16 bits per heavy atom. The molecule has 0 radical (unpaired) electrons. The first-order valence-corrected chi connectivity index (χ1v) is 17.5. The number of ether oxygens (including phenoxy) is 8. The van der Waals surface area contributed by atoms with Gasteiger partial charge in [0.15, 0.2) is 0 Å². The highest BCUT2D eigenvalue weighted by Gasteiger charge is 2.45. The predicted molar refractivity (Wildman–Crippen MR) is 179 cm³/mol. The van der Waals surface area contributed by atoms with Crippen molar-refractivity contribution in [2.45, 2.75) is 37.8 Å². The Morgan fingerprint density at radius 3 is 1.70 bits per heavy atom. The van der Waals surface area contributed by atoms with Crippen LogP contribution in [-0.2, 0) is 47.5 Å². The number of rotatable bonds is 27. The van der Waals surface area contributed by atoms with E-state index < -0.39 is 29.7 Å². The average molecular weight is 709 g/mol. The zero-order valence-electron chi connectivity index (χ0n) is 28.8. The van der Waals surface area contributed by atoms with Crippen molar-refractivity contribution in [2.75, 3.05) is 124 Å². The van der Waals surface area contributed by atoms with E-state index in [1.54, 1.807) is 18.2 Å². The fourth-order valence-electron chi connectivity index (χ4n) is 5.58. The Bertz CT molecular complexity index is 1200. The van der Waals surface area contributed by atoms with Gasteiger partial charge in [-0.15, -0.1) is 0 Å². The summed E-state index contributed by atoms with van der Waals surface area (Å²) in [6.45, 7) is 9.62. The molecule has 0 saturated carbocycles. The Hall–Kier alpha value is -3.06. The number of benzene rings is 1. The predicted octanol–water partition coefficient (Wildman–Crippen LogP) is 0.385. The molecule has 3 heterocycles. The first-order chi connectivity index (χ1) is 24.6. The van der Waals surface area contributed by atoms with Gasteiger partial charge in [-0.05, 0) is 44.5 Å². The molecule has 3 aliphatic rings. The molecule has 3 aliphatic heterocycles. The van der Waals surface area contributed by atoms with Gasteiger partial charge in [-0.1, -0.05) is 6.07 Å². The molecule has 1 unspecified atom stereocenters. The highest BCUT2D eigenvalue weighted by atomic mass is 16.6. The number of hydrogen-bond donors (Lipinski definition) is 3. The molecule has 2 saturated heterocycles. The Kier molecular flexibility index (Phi) is 18.6. The minimum Gasteiger partial charge on any atom is -0.382 e. The third kappa shape index (κ3) is 13.6. The van der Waals surface area contributed by atoms with E-state index in [2.05, 4.69) is 16.0 Å². The molecule has 1 aromatic rings. The van der Waals surface area contributed by atoms with Gasteiger partial charge in [-0.2, -0.15) is 0 Å². The van der Waals surface area contributed by atoms with Crippen molar-refractivity contribution in [1.29, 1.82) is 0 Å². The van der Waals surface area contributed by atoms with Crippen LogP contribution >= 0.6 is 0 Å². The molecule has 280 valence electrons. The molecule has 50 heavy (non-hydrogen) atoms. The number of nitrogens with zero attached hydrogens (tertiary/aromatic N) is 1. The fraction of sp³-hybridized carbons (Fsp3) is 0.706. The number of nitrogens with one attached hydrogen (secondary N) is 3. The summed E-state index contributed by atoms with van der Waals surface area (Å²) >= 11 is 0. The van der Waals surface area contributed by atoms with Crippen LogP contribution in [0.3, 0.4) is 0 Å². The van der Waals surface area contributed by atoms with Crippen LogP contribution < -0.4 is 16.0 Å². The summed E-state index contributed by atoms with van der Waals surface area (Å²) in [5, 5.41) is 8.65. The molecule has 1 aromatic carbocycles. The number of fused-ring (bicyclic) bond motifs is 1. The van der Waals surface area contributed by atoms with E-state index in [0.717, 1.165) is 30.8 Å². The van der Waals surface area contributed by atoms with Crippen LogP contribution in [0.2, 0.25) is 0 Å². The van der Waals surface area contributed by atoms with E-state index in [-0.39, 0.29) is 24.0 Å². The third-order valence-corrected chi connectivity index (χ3v) is 8.13. The van der Waals surface area contributed by atoms with Gasteiger partial charge in [-0.25, -0.2) is 0 Å². The van der Waals surface area contributed by atoms with Crippen molar-refractivity contribution < 1.29 is 57.1 Å². The van der Waals surface area contributed by atoms with Gasteiger partial charge in [0.2, 0.25) is 11.8 Å². The van der Waals surface area contributed by atoms with Gasteiger partial charge < -0.3 is 48.5 Å². The number of carbonyl (C=O) groups is 4. The molecule has 0 bridgehead atoms. The van der Waals surface area contributed by atoms with Crippen LogP contribution in [0.5, 0.6) is 0 Å². The third-order valence-electron chi connectivity index (χ3n) is 8.13. The van der Waals surface area contributed by atoms with Crippen LogP contribution in [-0.4, -0.2) is 159 Å². The molecule has 0 spiro atoms. The monoisotopic (exact) mass is 708 g/mol. The second-order valence-corrected chi connectivity index (χ2v) is 11.7. The first-order valence-electron chi connectivity index (χ1n) is 17.5. The number of anilines is 1. The van der Waals surface area contributed by atoms with Crippen molar-refractivity contribution in [3.8, 4) is 0 Å². The minimum absolute atomic E-state index is 0.0696. The van der Waals surface area contributed by atoms with Crippen LogP contribution in [0, 0.1) is 0 Å². The van der Waals surface area contributed by atoms with Crippen LogP contribution in [0.25, 0.3) is 0 Å². The topological polar surface area (TPSA) is 181 Å². The SMILES string of the molecule is O=C1CCC(N2C(=O)c3cccc(NCCOCCOCCOCCOCCOCCOCCOCCOC4CCNCC4)c3C2=O)C(=O)N1. The van der Waals surface area contributed by atoms with Gasteiger partial charge >= 0.3 is 0 Å². The molecule has 16 nitrogen and oxygen atoms in total. The smallest absolute Gasteiger partial charge is 0.264 e. The highest BCUT2D eigenvalue weighted by molar-refractivity contribution is 6.25. The minimum atomic E-state index is -1.01. The Balaban J connectivity index is 0.884. The van der Waals surface area contributed by atoms with E-state index in [9.17, 15) is 19.2 Å². The standard InChI is InChI=1S/C34H52N4O12/c39-30-5-4-29(32(40)37-30)38-33(41)27-2-1-3-28(31(27)34(38)42)36-10-11-43-12-13-44-14-15-45-16-17-46-18-19-47-20-21-48-22-23-49-24-25-50-26-6-8-35-9-7-26/h1-3,26,29,35-36H,4-25H2,(H,37,39,40). The largest absolute Gasteiger partial charge is 0.382 e. The summed E-state index contributed by atoms with van der Waals surface area (Å²) in [6.07, 6.45) is 2.66. The summed E-state index contributed by atoms with van der Waals surface area (Å²) in [6, 6.07) is 3.92. The maximum atomic E-state index is 13.1. The lowest BCUT2D eigenvalue weighted by Crippen LogP contribution is -2.54. The average Bonchev–Trinajstić information content (AvgIpc) is 3.38. The zero-order chi connectivity index (χ0) is 35.2. The summed E-state index contributed by atoms with van der Waals surface area (Å²) in [5.74, 6) is -2.15. The van der Waals surface area contributed by atoms with Crippen LogP contribution in [0.15, 0.2) is 18.2 Å². The van der Waals surface area contributed by atoms with E-state index >= 15 is 0 Å². The van der Waals surface area contributed by atoms with E-state index in [4.69, 9.17) is 37.9 Å². The van der Waals surface area contributed by atoms with Gasteiger partial charge in [-0.3, -0.25) is 29.4 Å². The molecule has 4 rings (SSSR count). The first kappa shape index (κ1) is 39.7.